The molecule has 0 aromatic heterocycles. The summed E-state index contributed by atoms with van der Waals surface area (Å²) in [7, 11) is 0. The smallest absolute Gasteiger partial charge is 0.250 e. The number of benzene rings is 2. The number of carbonyl (C=O) groups excluding carboxylic acids is 1. The van der Waals surface area contributed by atoms with Gasteiger partial charge in [-0.3, -0.25) is 4.79 Å². The number of carbonyl (C=O) groups is 1. The first-order valence-electron chi connectivity index (χ1n) is 5.68. The molecule has 0 radical (unpaired) electrons. The fourth-order valence-electron chi connectivity index (χ4n) is 1.72. The number of nitriles is 1. The van der Waals surface area contributed by atoms with Crippen LogP contribution in [0, 0.1) is 11.3 Å². The van der Waals surface area contributed by atoms with Crippen molar-refractivity contribution in [1.29, 1.82) is 5.26 Å². The number of nitrogens with zero attached hydrogens (tertiary/aromatic N) is 1. The largest absolute Gasteiger partial charge is 0.396 e. The SMILES string of the molecule is N#Cc1ccc(Nc2cccc(C(N)=O)c2N)c(Cl)c1. The minimum absolute atomic E-state index is 0.236. The molecule has 0 unspecified atom stereocenters. The van der Waals surface area contributed by atoms with Crippen LogP contribution in [0.3, 0.4) is 0 Å². The van der Waals surface area contributed by atoms with Crippen LogP contribution in [-0.4, -0.2) is 5.91 Å². The first kappa shape index (κ1) is 13.7. The minimum Gasteiger partial charge on any atom is -0.396 e. The molecule has 0 heterocycles. The third-order valence-corrected chi connectivity index (χ3v) is 3.05. The number of hydrogen-bond donors (Lipinski definition) is 3. The minimum atomic E-state index is -0.600. The fourth-order valence-corrected chi connectivity index (χ4v) is 1.95. The van der Waals surface area contributed by atoms with E-state index in [1.54, 1.807) is 30.3 Å². The molecular formula is C14H11ClN4O. The zero-order valence-corrected chi connectivity index (χ0v) is 11.1. The molecule has 0 saturated carbocycles. The molecule has 0 saturated heterocycles. The Labute approximate surface area is 120 Å². The van der Waals surface area contributed by atoms with E-state index in [0.29, 0.717) is 22.0 Å². The Morgan fingerprint density at radius 3 is 2.60 bits per heavy atom. The van der Waals surface area contributed by atoms with Crippen LogP contribution in [-0.2, 0) is 0 Å². The summed E-state index contributed by atoms with van der Waals surface area (Å²) in [6, 6.07) is 11.7. The molecule has 0 aliphatic carbocycles. The predicted octanol–water partition coefficient (Wildman–Crippen LogP) is 2.64. The van der Waals surface area contributed by atoms with Crippen LogP contribution in [0.2, 0.25) is 5.02 Å². The second-order valence-electron chi connectivity index (χ2n) is 4.06. The second-order valence-corrected chi connectivity index (χ2v) is 4.47. The van der Waals surface area contributed by atoms with Gasteiger partial charge in [0.2, 0.25) is 0 Å². The van der Waals surface area contributed by atoms with Gasteiger partial charge in [0.15, 0.2) is 0 Å². The number of nitrogens with two attached hydrogens (primary N) is 2. The summed E-state index contributed by atoms with van der Waals surface area (Å²) in [5.41, 5.74) is 13.2. The van der Waals surface area contributed by atoms with Crippen molar-refractivity contribution in [2.75, 3.05) is 11.1 Å². The van der Waals surface area contributed by atoms with Crippen LogP contribution in [0.15, 0.2) is 36.4 Å². The molecule has 20 heavy (non-hydrogen) atoms. The number of halogens is 1. The highest BCUT2D eigenvalue weighted by Crippen LogP contribution is 2.30. The molecule has 5 nitrogen and oxygen atoms in total. The van der Waals surface area contributed by atoms with Crippen molar-refractivity contribution in [3.8, 4) is 6.07 Å². The number of nitrogens with one attached hydrogen (secondary N) is 1. The van der Waals surface area contributed by atoms with Crippen LogP contribution in [0.4, 0.5) is 17.1 Å². The molecule has 0 atom stereocenters. The van der Waals surface area contributed by atoms with Gasteiger partial charge in [-0.25, -0.2) is 0 Å². The first-order chi connectivity index (χ1) is 9.52. The third kappa shape index (κ3) is 2.66. The number of hydrogen-bond acceptors (Lipinski definition) is 4. The lowest BCUT2D eigenvalue weighted by Crippen LogP contribution is -2.14. The van der Waals surface area contributed by atoms with Gasteiger partial charge in [-0.1, -0.05) is 17.7 Å². The van der Waals surface area contributed by atoms with Gasteiger partial charge in [0.25, 0.3) is 5.91 Å². The van der Waals surface area contributed by atoms with Crippen molar-refractivity contribution in [2.45, 2.75) is 0 Å². The van der Waals surface area contributed by atoms with Crippen LogP contribution in [0.1, 0.15) is 15.9 Å². The van der Waals surface area contributed by atoms with Crippen LogP contribution < -0.4 is 16.8 Å². The van der Waals surface area contributed by atoms with Crippen LogP contribution in [0.5, 0.6) is 0 Å². The number of amides is 1. The van der Waals surface area contributed by atoms with Crippen molar-refractivity contribution >= 4 is 34.6 Å². The van der Waals surface area contributed by atoms with Gasteiger partial charge >= 0.3 is 0 Å². The Hall–Kier alpha value is -2.71. The molecule has 2 aromatic carbocycles. The zero-order chi connectivity index (χ0) is 14.7. The maximum atomic E-state index is 11.2. The van der Waals surface area contributed by atoms with E-state index in [9.17, 15) is 4.79 Å². The Morgan fingerprint density at radius 1 is 1.25 bits per heavy atom. The molecule has 0 aliphatic heterocycles. The van der Waals surface area contributed by atoms with Gasteiger partial charge in [-0.2, -0.15) is 5.26 Å². The van der Waals surface area contributed by atoms with E-state index in [0.717, 1.165) is 0 Å². The number of para-hydroxylation sites is 1. The summed E-state index contributed by atoms with van der Waals surface area (Å²) in [5.74, 6) is -0.600. The van der Waals surface area contributed by atoms with Crippen molar-refractivity contribution < 1.29 is 4.79 Å². The lowest BCUT2D eigenvalue weighted by molar-refractivity contribution is 0.100. The predicted molar refractivity (Wildman–Crippen MR) is 78.8 cm³/mol. The first-order valence-corrected chi connectivity index (χ1v) is 6.05. The van der Waals surface area contributed by atoms with Gasteiger partial charge in [0, 0.05) is 0 Å². The fraction of sp³-hybridized carbons (Fsp3) is 0. The van der Waals surface area contributed by atoms with E-state index in [4.69, 9.17) is 28.3 Å². The van der Waals surface area contributed by atoms with Crippen molar-refractivity contribution in [3.05, 3.63) is 52.5 Å². The van der Waals surface area contributed by atoms with Crippen LogP contribution >= 0.6 is 11.6 Å². The highest BCUT2D eigenvalue weighted by atomic mass is 35.5. The van der Waals surface area contributed by atoms with Crippen LogP contribution in [0.25, 0.3) is 0 Å². The van der Waals surface area contributed by atoms with Gasteiger partial charge in [-0.15, -0.1) is 0 Å². The summed E-state index contributed by atoms with van der Waals surface area (Å²) in [6.45, 7) is 0. The van der Waals surface area contributed by atoms with Crippen molar-refractivity contribution in [2.24, 2.45) is 5.73 Å². The number of primary amides is 1. The van der Waals surface area contributed by atoms with E-state index in [-0.39, 0.29) is 11.3 Å². The highest BCUT2D eigenvalue weighted by molar-refractivity contribution is 6.33. The highest BCUT2D eigenvalue weighted by Gasteiger charge is 2.10. The maximum absolute atomic E-state index is 11.2. The standard InChI is InChI=1S/C14H11ClN4O/c15-10-6-8(7-16)4-5-11(10)19-12-3-1-2-9(13(12)17)14(18)20/h1-6,19H,17H2,(H2,18,20). The molecule has 0 aliphatic rings. The lowest BCUT2D eigenvalue weighted by Gasteiger charge is -2.12. The molecule has 0 bridgehead atoms. The Bertz CT molecular complexity index is 722. The average molecular weight is 287 g/mol. The molecule has 2 aromatic rings. The van der Waals surface area contributed by atoms with Crippen molar-refractivity contribution in [1.82, 2.24) is 0 Å². The molecule has 6 heteroatoms. The average Bonchev–Trinajstić information content (AvgIpc) is 2.42. The normalized spacial score (nSPS) is 9.80. The molecule has 0 spiro atoms. The summed E-state index contributed by atoms with van der Waals surface area (Å²) in [4.78, 5) is 11.2. The summed E-state index contributed by atoms with van der Waals surface area (Å²) < 4.78 is 0. The van der Waals surface area contributed by atoms with Gasteiger partial charge in [-0.05, 0) is 30.3 Å². The van der Waals surface area contributed by atoms with Gasteiger partial charge < -0.3 is 16.8 Å². The zero-order valence-electron chi connectivity index (χ0n) is 10.4. The number of nitrogen functional groups attached to an aromatic ring is 1. The number of anilines is 3. The van der Waals surface area contributed by atoms with E-state index >= 15 is 0 Å². The van der Waals surface area contributed by atoms with E-state index in [1.807, 2.05) is 6.07 Å². The Morgan fingerprint density at radius 2 is 2.00 bits per heavy atom. The summed E-state index contributed by atoms with van der Waals surface area (Å²) in [6.07, 6.45) is 0. The van der Waals surface area contributed by atoms with Gasteiger partial charge in [0.1, 0.15) is 0 Å². The quantitative estimate of drug-likeness (QED) is 0.754. The van der Waals surface area contributed by atoms with E-state index in [2.05, 4.69) is 5.32 Å². The molecule has 2 rings (SSSR count). The maximum Gasteiger partial charge on any atom is 0.250 e. The number of rotatable bonds is 3. The van der Waals surface area contributed by atoms with E-state index < -0.39 is 5.91 Å². The summed E-state index contributed by atoms with van der Waals surface area (Å²) in [5, 5.41) is 12.2. The third-order valence-electron chi connectivity index (χ3n) is 2.74. The molecular weight excluding hydrogens is 276 g/mol. The van der Waals surface area contributed by atoms with Crippen molar-refractivity contribution in [3.63, 3.8) is 0 Å². The topological polar surface area (TPSA) is 105 Å². The summed E-state index contributed by atoms with van der Waals surface area (Å²) >= 11 is 6.07. The Kier molecular flexibility index (Phi) is 3.78. The molecule has 0 fully saturated rings. The van der Waals surface area contributed by atoms with Gasteiger partial charge in [0.05, 0.1) is 39.3 Å². The lowest BCUT2D eigenvalue weighted by atomic mass is 10.1. The monoisotopic (exact) mass is 286 g/mol. The molecule has 5 N–H and O–H groups in total. The molecule has 100 valence electrons. The van der Waals surface area contributed by atoms with E-state index in [1.165, 1.54) is 6.07 Å². The Balaban J connectivity index is 2.38. The molecule has 1 amide bonds. The second kappa shape index (κ2) is 5.51.